The van der Waals surface area contributed by atoms with Gasteiger partial charge in [-0.25, -0.2) is 9.37 Å². The van der Waals surface area contributed by atoms with Crippen molar-refractivity contribution in [2.75, 3.05) is 13.1 Å². The van der Waals surface area contributed by atoms with Gasteiger partial charge in [0.1, 0.15) is 11.0 Å². The van der Waals surface area contributed by atoms with E-state index >= 15 is 0 Å². The fourth-order valence-corrected chi connectivity index (χ4v) is 1.56. The van der Waals surface area contributed by atoms with Crippen LogP contribution in [0.15, 0.2) is 12.3 Å². The summed E-state index contributed by atoms with van der Waals surface area (Å²) in [5, 5.41) is 5.15. The standard InChI is InChI=1S/C13H17ClFN3O2/c1-8(2)6-17-11(19)3-4-16-13(20)10-5-9(15)7-18-12(10)14/h5,7-8H,3-4,6H2,1-2H3,(H,16,20)(H,17,19). The van der Waals surface area contributed by atoms with Crippen molar-refractivity contribution in [3.63, 3.8) is 0 Å². The summed E-state index contributed by atoms with van der Waals surface area (Å²) in [6.07, 6.45) is 1.08. The van der Waals surface area contributed by atoms with E-state index in [0.29, 0.717) is 12.5 Å². The number of hydrogen-bond acceptors (Lipinski definition) is 3. The summed E-state index contributed by atoms with van der Waals surface area (Å²) in [6.45, 7) is 4.71. The van der Waals surface area contributed by atoms with E-state index in [2.05, 4.69) is 15.6 Å². The zero-order valence-corrected chi connectivity index (χ0v) is 12.1. The number of amides is 2. The van der Waals surface area contributed by atoms with Gasteiger partial charge in [-0.2, -0.15) is 0 Å². The van der Waals surface area contributed by atoms with Crippen molar-refractivity contribution in [1.82, 2.24) is 15.6 Å². The van der Waals surface area contributed by atoms with Crippen molar-refractivity contribution < 1.29 is 14.0 Å². The number of carbonyl (C=O) groups is 2. The largest absolute Gasteiger partial charge is 0.356 e. The normalized spacial score (nSPS) is 10.4. The Morgan fingerprint density at radius 3 is 2.75 bits per heavy atom. The van der Waals surface area contributed by atoms with Gasteiger partial charge >= 0.3 is 0 Å². The van der Waals surface area contributed by atoms with E-state index in [-0.39, 0.29) is 29.6 Å². The van der Waals surface area contributed by atoms with Crippen LogP contribution in [0.5, 0.6) is 0 Å². The van der Waals surface area contributed by atoms with Crippen LogP contribution in [-0.4, -0.2) is 29.9 Å². The molecular weight excluding hydrogens is 285 g/mol. The van der Waals surface area contributed by atoms with Gasteiger partial charge in [0, 0.05) is 19.5 Å². The Labute approximate surface area is 121 Å². The van der Waals surface area contributed by atoms with E-state index in [0.717, 1.165) is 12.3 Å². The monoisotopic (exact) mass is 301 g/mol. The van der Waals surface area contributed by atoms with Gasteiger partial charge in [-0.1, -0.05) is 25.4 Å². The highest BCUT2D eigenvalue weighted by molar-refractivity contribution is 6.32. The van der Waals surface area contributed by atoms with E-state index in [1.165, 1.54) is 0 Å². The second-order valence-electron chi connectivity index (χ2n) is 4.70. The Balaban J connectivity index is 2.40. The van der Waals surface area contributed by atoms with Crippen LogP contribution in [0.3, 0.4) is 0 Å². The molecule has 5 nitrogen and oxygen atoms in total. The first-order chi connectivity index (χ1) is 9.40. The highest BCUT2D eigenvalue weighted by Crippen LogP contribution is 2.13. The molecular formula is C13H17ClFN3O2. The number of nitrogens with zero attached hydrogens (tertiary/aromatic N) is 1. The first kappa shape index (κ1) is 16.4. The van der Waals surface area contributed by atoms with Crippen molar-refractivity contribution in [1.29, 1.82) is 0 Å². The molecule has 1 aromatic heterocycles. The van der Waals surface area contributed by atoms with Crippen molar-refractivity contribution in [3.8, 4) is 0 Å². The fraction of sp³-hybridized carbons (Fsp3) is 0.462. The van der Waals surface area contributed by atoms with E-state index in [9.17, 15) is 14.0 Å². The van der Waals surface area contributed by atoms with Gasteiger partial charge in [0.05, 0.1) is 11.8 Å². The number of rotatable bonds is 6. The van der Waals surface area contributed by atoms with Crippen LogP contribution < -0.4 is 10.6 Å². The number of pyridine rings is 1. The average molecular weight is 302 g/mol. The predicted molar refractivity (Wildman–Crippen MR) is 74.0 cm³/mol. The molecule has 1 aromatic rings. The van der Waals surface area contributed by atoms with E-state index in [4.69, 9.17) is 11.6 Å². The van der Waals surface area contributed by atoms with Crippen LogP contribution in [0.1, 0.15) is 30.6 Å². The Hall–Kier alpha value is -1.69. The minimum absolute atomic E-state index is 0.0470. The van der Waals surface area contributed by atoms with Gasteiger partial charge in [0.15, 0.2) is 0 Å². The lowest BCUT2D eigenvalue weighted by Gasteiger charge is -2.08. The summed E-state index contributed by atoms with van der Waals surface area (Å²) in [6, 6.07) is 1.00. The van der Waals surface area contributed by atoms with Gasteiger partial charge in [-0.3, -0.25) is 9.59 Å². The van der Waals surface area contributed by atoms with Crippen molar-refractivity contribution >= 4 is 23.4 Å². The predicted octanol–water partition coefficient (Wildman–Crippen LogP) is 1.77. The summed E-state index contributed by atoms with van der Waals surface area (Å²) in [4.78, 5) is 26.7. The highest BCUT2D eigenvalue weighted by atomic mass is 35.5. The van der Waals surface area contributed by atoms with Gasteiger partial charge < -0.3 is 10.6 Å². The first-order valence-electron chi connectivity index (χ1n) is 6.26. The molecule has 0 fully saturated rings. The van der Waals surface area contributed by atoms with Gasteiger partial charge in [0.2, 0.25) is 5.91 Å². The molecule has 0 bridgehead atoms. The Bertz CT molecular complexity index is 495. The molecule has 0 atom stereocenters. The molecule has 0 aromatic carbocycles. The molecule has 0 saturated carbocycles. The number of nitrogens with one attached hydrogen (secondary N) is 2. The first-order valence-corrected chi connectivity index (χ1v) is 6.64. The van der Waals surface area contributed by atoms with Crippen molar-refractivity contribution in [2.45, 2.75) is 20.3 Å². The van der Waals surface area contributed by atoms with Gasteiger partial charge in [0.25, 0.3) is 5.91 Å². The van der Waals surface area contributed by atoms with E-state index in [1.54, 1.807) is 0 Å². The van der Waals surface area contributed by atoms with Crippen LogP contribution in [0.25, 0.3) is 0 Å². The molecule has 2 N–H and O–H groups in total. The molecule has 7 heteroatoms. The smallest absolute Gasteiger partial charge is 0.254 e. The number of carbonyl (C=O) groups excluding carboxylic acids is 2. The van der Waals surface area contributed by atoms with E-state index in [1.807, 2.05) is 13.8 Å². The maximum Gasteiger partial charge on any atom is 0.254 e. The molecule has 0 unspecified atom stereocenters. The summed E-state index contributed by atoms with van der Waals surface area (Å²) in [5.74, 6) is -0.985. The lowest BCUT2D eigenvalue weighted by atomic mass is 10.2. The highest BCUT2D eigenvalue weighted by Gasteiger charge is 2.12. The van der Waals surface area contributed by atoms with Crippen LogP contribution in [0.4, 0.5) is 4.39 Å². The summed E-state index contributed by atoms with van der Waals surface area (Å²) >= 11 is 5.70. The fourth-order valence-electron chi connectivity index (χ4n) is 1.37. The molecule has 2 amide bonds. The molecule has 0 radical (unpaired) electrons. The topological polar surface area (TPSA) is 71.1 Å². The summed E-state index contributed by atoms with van der Waals surface area (Å²) in [7, 11) is 0. The van der Waals surface area contributed by atoms with Gasteiger partial charge in [-0.05, 0) is 12.0 Å². The molecule has 110 valence electrons. The van der Waals surface area contributed by atoms with Crippen LogP contribution in [-0.2, 0) is 4.79 Å². The number of halogens is 2. The minimum atomic E-state index is -0.644. The zero-order chi connectivity index (χ0) is 15.1. The summed E-state index contributed by atoms with van der Waals surface area (Å²) < 4.78 is 13.0. The van der Waals surface area contributed by atoms with Crippen LogP contribution >= 0.6 is 11.6 Å². The van der Waals surface area contributed by atoms with Crippen LogP contribution in [0.2, 0.25) is 5.15 Å². The van der Waals surface area contributed by atoms with Crippen molar-refractivity contribution in [2.24, 2.45) is 5.92 Å². The zero-order valence-electron chi connectivity index (χ0n) is 11.4. The van der Waals surface area contributed by atoms with Crippen molar-refractivity contribution in [3.05, 3.63) is 28.8 Å². The third-order valence-electron chi connectivity index (χ3n) is 2.40. The van der Waals surface area contributed by atoms with Crippen LogP contribution in [0, 0.1) is 11.7 Å². The Morgan fingerprint density at radius 1 is 1.40 bits per heavy atom. The summed E-state index contributed by atoms with van der Waals surface area (Å²) in [5.41, 5.74) is -0.0470. The SMILES string of the molecule is CC(C)CNC(=O)CCNC(=O)c1cc(F)cnc1Cl. The minimum Gasteiger partial charge on any atom is -0.356 e. The molecule has 0 spiro atoms. The number of hydrogen-bond donors (Lipinski definition) is 2. The maximum atomic E-state index is 13.0. The van der Waals surface area contributed by atoms with E-state index < -0.39 is 11.7 Å². The molecule has 0 saturated heterocycles. The molecule has 0 aliphatic rings. The molecule has 0 aliphatic carbocycles. The lowest BCUT2D eigenvalue weighted by molar-refractivity contribution is -0.121. The second kappa shape index (κ2) is 7.79. The lowest BCUT2D eigenvalue weighted by Crippen LogP contribution is -2.32. The molecule has 1 heterocycles. The molecule has 0 aliphatic heterocycles. The van der Waals surface area contributed by atoms with Gasteiger partial charge in [-0.15, -0.1) is 0 Å². The third-order valence-corrected chi connectivity index (χ3v) is 2.70. The maximum absolute atomic E-state index is 13.0. The quantitative estimate of drug-likeness (QED) is 0.787. The second-order valence-corrected chi connectivity index (χ2v) is 5.05. The average Bonchev–Trinajstić information content (AvgIpc) is 2.39. The third kappa shape index (κ3) is 5.52. The molecule has 20 heavy (non-hydrogen) atoms. The molecule has 1 rings (SSSR count). The Kier molecular flexibility index (Phi) is 6.38. The Morgan fingerprint density at radius 2 is 2.10 bits per heavy atom. The number of aromatic nitrogens is 1.